The molecule has 9 heteroatoms. The molecule has 0 saturated heterocycles. The molecule has 0 saturated carbocycles. The number of sulfonamides is 1. The summed E-state index contributed by atoms with van der Waals surface area (Å²) in [7, 11) is -4.03. The van der Waals surface area contributed by atoms with Gasteiger partial charge in [-0.1, -0.05) is 5.16 Å². The lowest BCUT2D eigenvalue weighted by atomic mass is 10.3. The lowest BCUT2D eigenvalue weighted by Gasteiger charge is -2.23. The van der Waals surface area contributed by atoms with Crippen LogP contribution in [0.15, 0.2) is 33.7 Å². The molecule has 0 radical (unpaired) electrons. The number of hydrogen-bond donors (Lipinski definition) is 1. The lowest BCUT2D eigenvalue weighted by Crippen LogP contribution is -2.34. The van der Waals surface area contributed by atoms with Gasteiger partial charge in [0.15, 0.2) is 10.7 Å². The summed E-state index contributed by atoms with van der Waals surface area (Å²) in [6.45, 7) is 2.80. The van der Waals surface area contributed by atoms with Gasteiger partial charge in [0.2, 0.25) is 5.91 Å². The highest BCUT2D eigenvalue weighted by Crippen LogP contribution is 2.28. The van der Waals surface area contributed by atoms with Crippen molar-refractivity contribution >= 4 is 21.6 Å². The number of carbonyl (C=O) groups excluding carboxylic acids is 1. The fraction of sp³-hybridized carbons (Fsp3) is 0.286. The number of carbonyl (C=O) groups is 1. The average Bonchev–Trinajstić information content (AvgIpc) is 2.80. The van der Waals surface area contributed by atoms with E-state index >= 15 is 0 Å². The maximum atomic E-state index is 13.1. The topological polar surface area (TPSA) is 106 Å². The van der Waals surface area contributed by atoms with E-state index in [0.29, 0.717) is 0 Å². The molecule has 2 rings (SSSR count). The zero-order valence-electron chi connectivity index (χ0n) is 12.6. The van der Waals surface area contributed by atoms with Gasteiger partial charge in [0.05, 0.1) is 5.69 Å². The minimum atomic E-state index is -4.03. The number of amides is 1. The molecule has 0 aliphatic heterocycles. The van der Waals surface area contributed by atoms with Crippen molar-refractivity contribution in [2.75, 3.05) is 10.8 Å². The van der Waals surface area contributed by atoms with E-state index < -0.39 is 21.7 Å². The molecule has 0 aliphatic rings. The van der Waals surface area contributed by atoms with Crippen LogP contribution >= 0.6 is 0 Å². The Bertz CT molecular complexity index is 796. The van der Waals surface area contributed by atoms with E-state index in [0.717, 1.165) is 16.4 Å². The van der Waals surface area contributed by atoms with Gasteiger partial charge in [-0.3, -0.25) is 9.10 Å². The molecule has 1 aromatic carbocycles. The van der Waals surface area contributed by atoms with E-state index in [4.69, 9.17) is 10.3 Å². The molecule has 23 heavy (non-hydrogen) atoms. The van der Waals surface area contributed by atoms with Crippen LogP contribution in [0.4, 0.5) is 10.1 Å². The lowest BCUT2D eigenvalue weighted by molar-refractivity contribution is -0.117. The molecule has 0 atom stereocenters. The van der Waals surface area contributed by atoms with E-state index in [1.165, 1.54) is 26.0 Å². The number of hydrogen-bond acceptors (Lipinski definition) is 5. The van der Waals surface area contributed by atoms with Crippen molar-refractivity contribution in [3.63, 3.8) is 0 Å². The summed E-state index contributed by atoms with van der Waals surface area (Å²) in [5, 5.41) is 3.64. The minimum absolute atomic E-state index is 0.0775. The molecule has 0 fully saturated rings. The van der Waals surface area contributed by atoms with E-state index in [1.807, 2.05) is 0 Å². The number of nitrogens with zero attached hydrogens (tertiary/aromatic N) is 2. The molecular weight excluding hydrogens is 325 g/mol. The Kier molecular flexibility index (Phi) is 4.69. The van der Waals surface area contributed by atoms with Crippen molar-refractivity contribution in [3.05, 3.63) is 41.5 Å². The molecular formula is C14H16FN3O4S. The Morgan fingerprint density at radius 1 is 1.30 bits per heavy atom. The van der Waals surface area contributed by atoms with Crippen LogP contribution in [0.5, 0.6) is 0 Å². The Hall–Kier alpha value is -2.42. The highest BCUT2D eigenvalue weighted by Gasteiger charge is 2.31. The summed E-state index contributed by atoms with van der Waals surface area (Å²) in [5.41, 5.74) is 5.53. The van der Waals surface area contributed by atoms with E-state index in [2.05, 4.69) is 5.16 Å². The highest BCUT2D eigenvalue weighted by molar-refractivity contribution is 7.93. The minimum Gasteiger partial charge on any atom is -0.370 e. The standard InChI is InChI=1S/C14H16FN3O4S/c1-9-14(10(2)22-17-9)23(20,21)18(8-7-13(16)19)12-5-3-11(15)4-6-12/h3-6H,7-8H2,1-2H3,(H2,16,19). The molecule has 7 nitrogen and oxygen atoms in total. The second kappa shape index (κ2) is 6.37. The van der Waals surface area contributed by atoms with Crippen LogP contribution in [0.1, 0.15) is 17.9 Å². The average molecular weight is 341 g/mol. The zero-order valence-corrected chi connectivity index (χ0v) is 13.4. The van der Waals surface area contributed by atoms with Crippen molar-refractivity contribution in [3.8, 4) is 0 Å². The van der Waals surface area contributed by atoms with Gasteiger partial charge in [-0.05, 0) is 38.1 Å². The van der Waals surface area contributed by atoms with Crippen LogP contribution in [-0.4, -0.2) is 26.0 Å². The molecule has 1 amide bonds. The van der Waals surface area contributed by atoms with Crippen LogP contribution in [0.25, 0.3) is 0 Å². The molecule has 2 N–H and O–H groups in total. The SMILES string of the molecule is Cc1noc(C)c1S(=O)(=O)N(CCC(N)=O)c1ccc(F)cc1. The van der Waals surface area contributed by atoms with Crippen molar-refractivity contribution in [2.24, 2.45) is 5.73 Å². The van der Waals surface area contributed by atoms with E-state index in [9.17, 15) is 17.6 Å². The smallest absolute Gasteiger partial charge is 0.269 e. The Morgan fingerprint density at radius 3 is 2.39 bits per heavy atom. The zero-order chi connectivity index (χ0) is 17.2. The second-order valence-corrected chi connectivity index (χ2v) is 6.72. The maximum absolute atomic E-state index is 13.1. The molecule has 2 aromatic rings. The predicted octanol–water partition coefficient (Wildman–Crippen LogP) is 1.50. The number of halogens is 1. The molecule has 1 heterocycles. The summed E-state index contributed by atoms with van der Waals surface area (Å²) >= 11 is 0. The number of aryl methyl sites for hydroxylation is 2. The first-order chi connectivity index (χ1) is 10.7. The fourth-order valence-electron chi connectivity index (χ4n) is 2.16. The number of primary amides is 1. The van der Waals surface area contributed by atoms with Gasteiger partial charge in [0, 0.05) is 13.0 Å². The van der Waals surface area contributed by atoms with Crippen molar-refractivity contribution in [1.29, 1.82) is 0 Å². The molecule has 0 spiro atoms. The summed E-state index contributed by atoms with van der Waals surface area (Å²) in [6.07, 6.45) is -0.181. The largest absolute Gasteiger partial charge is 0.370 e. The molecule has 0 unspecified atom stereocenters. The van der Waals surface area contributed by atoms with Gasteiger partial charge >= 0.3 is 0 Å². The van der Waals surface area contributed by atoms with Gasteiger partial charge in [0.1, 0.15) is 11.5 Å². The van der Waals surface area contributed by atoms with Crippen molar-refractivity contribution < 1.29 is 22.1 Å². The first kappa shape index (κ1) is 16.9. The molecule has 0 aliphatic carbocycles. The second-order valence-electron chi connectivity index (χ2n) is 4.92. The number of rotatable bonds is 6. The van der Waals surface area contributed by atoms with Crippen molar-refractivity contribution in [2.45, 2.75) is 25.2 Å². The van der Waals surface area contributed by atoms with Gasteiger partial charge in [-0.15, -0.1) is 0 Å². The quantitative estimate of drug-likeness (QED) is 0.857. The summed E-state index contributed by atoms with van der Waals surface area (Å²) in [6, 6.07) is 4.89. The summed E-state index contributed by atoms with van der Waals surface area (Å²) < 4.78 is 44.8. The summed E-state index contributed by atoms with van der Waals surface area (Å²) in [4.78, 5) is 11.0. The van der Waals surface area contributed by atoms with Gasteiger partial charge in [-0.2, -0.15) is 0 Å². The van der Waals surface area contributed by atoms with Crippen LogP contribution in [0.3, 0.4) is 0 Å². The number of benzene rings is 1. The maximum Gasteiger partial charge on any atom is 0.269 e. The predicted molar refractivity (Wildman–Crippen MR) is 80.7 cm³/mol. The molecule has 0 bridgehead atoms. The highest BCUT2D eigenvalue weighted by atomic mass is 32.2. The van der Waals surface area contributed by atoms with Crippen molar-refractivity contribution in [1.82, 2.24) is 5.16 Å². The van der Waals surface area contributed by atoms with Crippen LogP contribution in [0.2, 0.25) is 0 Å². The number of aromatic nitrogens is 1. The fourth-order valence-corrected chi connectivity index (χ4v) is 3.92. The van der Waals surface area contributed by atoms with Gasteiger partial charge in [0.25, 0.3) is 10.0 Å². The van der Waals surface area contributed by atoms with Crippen LogP contribution in [-0.2, 0) is 14.8 Å². The summed E-state index contributed by atoms with van der Waals surface area (Å²) in [5.74, 6) is -1.02. The Morgan fingerprint density at radius 2 is 1.91 bits per heavy atom. The third-order valence-electron chi connectivity index (χ3n) is 3.19. The first-order valence-corrected chi connectivity index (χ1v) is 8.17. The Labute approximate surface area is 132 Å². The first-order valence-electron chi connectivity index (χ1n) is 6.73. The van der Waals surface area contributed by atoms with Crippen LogP contribution < -0.4 is 10.0 Å². The number of nitrogens with two attached hydrogens (primary N) is 1. The monoisotopic (exact) mass is 341 g/mol. The number of anilines is 1. The third-order valence-corrected chi connectivity index (χ3v) is 5.26. The molecule has 1 aromatic heterocycles. The van der Waals surface area contributed by atoms with Gasteiger partial charge in [-0.25, -0.2) is 12.8 Å². The van der Waals surface area contributed by atoms with Gasteiger partial charge < -0.3 is 10.3 Å². The normalized spacial score (nSPS) is 11.4. The third kappa shape index (κ3) is 3.50. The van der Waals surface area contributed by atoms with Crippen LogP contribution in [0, 0.1) is 19.7 Å². The molecule has 124 valence electrons. The van der Waals surface area contributed by atoms with E-state index in [1.54, 1.807) is 0 Å². The Balaban J connectivity index is 2.52. The van der Waals surface area contributed by atoms with E-state index in [-0.39, 0.29) is 35.0 Å².